The lowest BCUT2D eigenvalue weighted by Gasteiger charge is -1.90. The summed E-state index contributed by atoms with van der Waals surface area (Å²) < 4.78 is 0. The third-order valence-corrected chi connectivity index (χ3v) is 0.845. The van der Waals surface area contributed by atoms with E-state index in [1.807, 2.05) is 0 Å². The SMILES string of the molecule is NC[14C](=O)CCC(=O)O. The molecule has 9 heavy (non-hydrogen) atoms. The van der Waals surface area contributed by atoms with Crippen molar-refractivity contribution in [2.24, 2.45) is 5.73 Å². The van der Waals surface area contributed by atoms with E-state index in [2.05, 4.69) is 0 Å². The Morgan fingerprint density at radius 1 is 1.67 bits per heavy atom. The highest BCUT2D eigenvalue weighted by Gasteiger charge is 2.01. The van der Waals surface area contributed by atoms with E-state index in [-0.39, 0.29) is 25.2 Å². The first-order chi connectivity index (χ1) is 4.16. The van der Waals surface area contributed by atoms with Gasteiger partial charge < -0.3 is 10.8 Å². The highest BCUT2D eigenvalue weighted by atomic mass is 16.4. The number of hydrogen-bond acceptors (Lipinski definition) is 3. The Labute approximate surface area is 52.7 Å². The fraction of sp³-hybridized carbons (Fsp3) is 0.600. The van der Waals surface area contributed by atoms with Crippen molar-refractivity contribution in [1.82, 2.24) is 0 Å². The van der Waals surface area contributed by atoms with Crippen LogP contribution >= 0.6 is 0 Å². The zero-order valence-electron chi connectivity index (χ0n) is 4.96. The molecule has 0 aliphatic rings. The van der Waals surface area contributed by atoms with Crippen LogP contribution < -0.4 is 5.73 Å². The Morgan fingerprint density at radius 3 is 2.56 bits per heavy atom. The third-order valence-electron chi connectivity index (χ3n) is 0.845. The van der Waals surface area contributed by atoms with Gasteiger partial charge in [0.05, 0.1) is 13.0 Å². The first-order valence-corrected chi connectivity index (χ1v) is 2.60. The number of ketones is 1. The van der Waals surface area contributed by atoms with Crippen molar-refractivity contribution in [3.63, 3.8) is 0 Å². The molecule has 0 amide bonds. The Hall–Kier alpha value is -0.900. The van der Waals surface area contributed by atoms with Gasteiger partial charge in [0.25, 0.3) is 0 Å². The van der Waals surface area contributed by atoms with Gasteiger partial charge in [0.15, 0.2) is 0 Å². The predicted octanol–water partition coefficient (Wildman–Crippen LogP) is -0.621. The Balaban J connectivity index is 3.28. The molecule has 0 aromatic rings. The molecule has 0 unspecified atom stereocenters. The third kappa shape index (κ3) is 4.96. The summed E-state index contributed by atoms with van der Waals surface area (Å²) in [6.45, 7) is -0.0622. The van der Waals surface area contributed by atoms with E-state index in [4.69, 9.17) is 10.8 Å². The fourth-order valence-corrected chi connectivity index (χ4v) is 0.348. The maximum absolute atomic E-state index is 10.3. The van der Waals surface area contributed by atoms with E-state index in [0.717, 1.165) is 0 Å². The van der Waals surface area contributed by atoms with Crippen LogP contribution in [0.25, 0.3) is 0 Å². The molecule has 0 fully saturated rings. The summed E-state index contributed by atoms with van der Waals surface area (Å²) in [7, 11) is 0. The molecule has 0 radical (unpaired) electrons. The van der Waals surface area contributed by atoms with Crippen LogP contribution in [0.4, 0.5) is 0 Å². The molecule has 0 saturated heterocycles. The van der Waals surface area contributed by atoms with Crippen LogP contribution in [-0.2, 0) is 9.59 Å². The lowest BCUT2D eigenvalue weighted by molar-refractivity contribution is -0.138. The maximum atomic E-state index is 10.3. The minimum Gasteiger partial charge on any atom is -0.481 e. The van der Waals surface area contributed by atoms with Crippen LogP contribution in [0.15, 0.2) is 0 Å². The number of carbonyl (C=O) groups excluding carboxylic acids is 1. The number of nitrogens with two attached hydrogens (primary N) is 1. The summed E-state index contributed by atoms with van der Waals surface area (Å²) in [4.78, 5) is 20.2. The Bertz CT molecular complexity index is 121. The molecule has 4 nitrogen and oxygen atoms in total. The molecule has 52 valence electrons. The molecule has 0 rings (SSSR count). The number of Topliss-reactive ketones (excluding diaryl/α,β-unsaturated/α-hetero) is 1. The molecule has 0 saturated carbocycles. The number of hydrogen-bond donors (Lipinski definition) is 2. The van der Waals surface area contributed by atoms with Gasteiger partial charge in [-0.2, -0.15) is 0 Å². The van der Waals surface area contributed by atoms with Gasteiger partial charge in [-0.3, -0.25) is 9.59 Å². The molecular formula is C5H9NO3. The minimum atomic E-state index is -0.961. The predicted molar refractivity (Wildman–Crippen MR) is 30.9 cm³/mol. The smallest absolute Gasteiger partial charge is 0.303 e. The van der Waals surface area contributed by atoms with Crippen molar-refractivity contribution in [3.8, 4) is 0 Å². The number of aliphatic carboxylic acids is 1. The molecule has 0 heterocycles. The molecule has 4 heteroatoms. The second-order valence-corrected chi connectivity index (χ2v) is 1.64. The van der Waals surface area contributed by atoms with E-state index < -0.39 is 5.97 Å². The molecule has 0 bridgehead atoms. The van der Waals surface area contributed by atoms with Gasteiger partial charge in [-0.1, -0.05) is 0 Å². The normalized spacial score (nSPS) is 9.00. The summed E-state index contributed by atoms with van der Waals surface area (Å²) in [5, 5.41) is 8.06. The number of carboxylic acid groups (broad SMARTS) is 1. The average molecular weight is 133 g/mol. The van der Waals surface area contributed by atoms with Gasteiger partial charge in [0.2, 0.25) is 0 Å². The molecule has 0 spiro atoms. The lowest BCUT2D eigenvalue weighted by atomic mass is 10.4. The van der Waals surface area contributed by atoms with Crippen LogP contribution in [0.1, 0.15) is 12.8 Å². The van der Waals surface area contributed by atoms with Crippen molar-refractivity contribution in [2.45, 2.75) is 12.8 Å². The zero-order chi connectivity index (χ0) is 7.28. The summed E-state index contributed by atoms with van der Waals surface area (Å²) in [6.07, 6.45) is -0.0676. The Morgan fingerprint density at radius 2 is 2.22 bits per heavy atom. The summed E-state index contributed by atoms with van der Waals surface area (Å²) in [5.41, 5.74) is 4.92. The largest absolute Gasteiger partial charge is 0.481 e. The highest BCUT2D eigenvalue weighted by molar-refractivity contribution is 5.83. The van der Waals surface area contributed by atoms with Crippen LogP contribution in [0, 0.1) is 0 Å². The molecule has 0 aromatic carbocycles. The van der Waals surface area contributed by atoms with Crippen LogP contribution in [0.3, 0.4) is 0 Å². The van der Waals surface area contributed by atoms with Gasteiger partial charge >= 0.3 is 5.97 Å². The van der Waals surface area contributed by atoms with Gasteiger partial charge in [0, 0.05) is 6.42 Å². The lowest BCUT2D eigenvalue weighted by Crippen LogP contribution is -2.14. The molecule has 3 N–H and O–H groups in total. The molecule has 0 aromatic heterocycles. The fourth-order valence-electron chi connectivity index (χ4n) is 0.348. The highest BCUT2D eigenvalue weighted by Crippen LogP contribution is 1.87. The zero-order valence-corrected chi connectivity index (χ0v) is 4.96. The number of rotatable bonds is 4. The first-order valence-electron chi connectivity index (χ1n) is 2.60. The summed E-state index contributed by atoms with van der Waals surface area (Å²) in [6, 6.07) is 0. The van der Waals surface area contributed by atoms with E-state index in [1.165, 1.54) is 0 Å². The van der Waals surface area contributed by atoms with Crippen molar-refractivity contribution < 1.29 is 14.7 Å². The van der Waals surface area contributed by atoms with Crippen LogP contribution in [0.2, 0.25) is 0 Å². The molecular weight excluding hydrogens is 124 g/mol. The average Bonchev–Trinajstić information content (AvgIpc) is 1.83. The summed E-state index contributed by atoms with van der Waals surface area (Å²) >= 11 is 0. The molecule has 0 aliphatic heterocycles. The van der Waals surface area contributed by atoms with Crippen molar-refractivity contribution in [3.05, 3.63) is 0 Å². The van der Waals surface area contributed by atoms with Crippen LogP contribution in [-0.4, -0.2) is 23.4 Å². The van der Waals surface area contributed by atoms with E-state index >= 15 is 0 Å². The van der Waals surface area contributed by atoms with Crippen molar-refractivity contribution in [2.75, 3.05) is 6.54 Å². The second kappa shape index (κ2) is 4.03. The second-order valence-electron chi connectivity index (χ2n) is 1.64. The van der Waals surface area contributed by atoms with Gasteiger partial charge in [-0.25, -0.2) is 0 Å². The van der Waals surface area contributed by atoms with Gasteiger partial charge in [-0.15, -0.1) is 0 Å². The van der Waals surface area contributed by atoms with Crippen LogP contribution in [0.5, 0.6) is 0 Å². The standard InChI is InChI=1S/C5H9NO3/c6-3-4(7)1-2-5(8)9/h1-3,6H2,(H,8,9)/i4+2. The first kappa shape index (κ1) is 8.10. The number of carboxylic acids is 1. The minimum absolute atomic E-state index is 0.0475. The molecule has 0 aliphatic carbocycles. The van der Waals surface area contributed by atoms with E-state index in [0.29, 0.717) is 0 Å². The van der Waals surface area contributed by atoms with Gasteiger partial charge in [-0.05, 0) is 0 Å². The topological polar surface area (TPSA) is 80.4 Å². The monoisotopic (exact) mass is 133 g/mol. The quantitative estimate of drug-likeness (QED) is 0.535. The van der Waals surface area contributed by atoms with Gasteiger partial charge in [0.1, 0.15) is 5.78 Å². The van der Waals surface area contributed by atoms with E-state index in [9.17, 15) is 9.59 Å². The number of carbonyl (C=O) groups is 2. The maximum Gasteiger partial charge on any atom is 0.303 e. The van der Waals surface area contributed by atoms with E-state index in [1.54, 1.807) is 0 Å². The summed E-state index contributed by atoms with van der Waals surface area (Å²) in [5.74, 6) is -1.17. The van der Waals surface area contributed by atoms with Crippen molar-refractivity contribution in [1.29, 1.82) is 0 Å². The molecule has 0 atom stereocenters. The Kier molecular flexibility index (Phi) is 3.62. The van der Waals surface area contributed by atoms with Crippen molar-refractivity contribution >= 4 is 11.8 Å².